The highest BCUT2D eigenvalue weighted by Crippen LogP contribution is 2.33. The largest absolute Gasteiger partial charge is 0.506 e. The Morgan fingerprint density at radius 2 is 1.68 bits per heavy atom. The van der Waals surface area contributed by atoms with Gasteiger partial charge in [-0.2, -0.15) is 0 Å². The quantitative estimate of drug-likeness (QED) is 0.879. The van der Waals surface area contributed by atoms with Gasteiger partial charge < -0.3 is 9.84 Å². The number of para-hydroxylation sites is 1. The Morgan fingerprint density at radius 1 is 1.05 bits per heavy atom. The zero-order chi connectivity index (χ0) is 15.5. The van der Waals surface area contributed by atoms with E-state index in [0.29, 0.717) is 17.0 Å². The summed E-state index contributed by atoms with van der Waals surface area (Å²) in [5, 5.41) is 10.4. The number of aliphatic imine (C=N–C) groups is 1. The van der Waals surface area contributed by atoms with Gasteiger partial charge in [0, 0.05) is 11.1 Å². The average Bonchev–Trinajstić information content (AvgIpc) is 2.82. The first-order valence-electron chi connectivity index (χ1n) is 7.06. The third-order valence-corrected chi connectivity index (χ3v) is 3.39. The molecule has 2 aromatic rings. The van der Waals surface area contributed by atoms with Crippen LogP contribution in [0.15, 0.2) is 65.2 Å². The van der Waals surface area contributed by atoms with Crippen LogP contribution in [0, 0.1) is 0 Å². The molecule has 4 heteroatoms. The first-order valence-corrected chi connectivity index (χ1v) is 7.06. The van der Waals surface area contributed by atoms with Crippen molar-refractivity contribution in [3.05, 3.63) is 71.3 Å². The van der Waals surface area contributed by atoms with Gasteiger partial charge in [0.1, 0.15) is 11.3 Å². The molecule has 2 aromatic carbocycles. The number of carbonyl (C=O) groups is 1. The Labute approximate surface area is 128 Å². The number of carbonyl (C=O) groups excluding carboxylic acids is 1. The molecule has 22 heavy (non-hydrogen) atoms. The smallest absolute Gasteiger partial charge is 0.344 e. The fraction of sp³-hybridized carbons (Fsp3) is 0.111. The van der Waals surface area contributed by atoms with Crippen molar-refractivity contribution in [2.45, 2.75) is 6.92 Å². The van der Waals surface area contributed by atoms with Crippen molar-refractivity contribution >= 4 is 23.1 Å². The van der Waals surface area contributed by atoms with Gasteiger partial charge in [0.2, 0.25) is 0 Å². The normalized spacial score (nSPS) is 15.0. The van der Waals surface area contributed by atoms with Crippen LogP contribution in [0.1, 0.15) is 18.1 Å². The molecular weight excluding hydrogens is 278 g/mol. The molecule has 1 aliphatic carbocycles. The number of esters is 1. The number of ether oxygens (including phenoxy) is 1. The second kappa shape index (κ2) is 5.85. The summed E-state index contributed by atoms with van der Waals surface area (Å²) in [5.41, 5.74) is 2.60. The number of benzene rings is 2. The minimum Gasteiger partial charge on any atom is -0.506 e. The summed E-state index contributed by atoms with van der Waals surface area (Å²) in [4.78, 5) is 16.7. The molecule has 4 nitrogen and oxygen atoms in total. The first-order chi connectivity index (χ1) is 10.7. The molecule has 0 radical (unpaired) electrons. The number of hydrogen-bond acceptors (Lipinski definition) is 4. The van der Waals surface area contributed by atoms with Crippen LogP contribution in [0.25, 0.3) is 5.76 Å². The Balaban J connectivity index is 2.16. The van der Waals surface area contributed by atoms with Crippen LogP contribution in [-0.4, -0.2) is 23.4 Å². The van der Waals surface area contributed by atoms with E-state index in [1.807, 2.05) is 48.5 Å². The molecule has 0 spiro atoms. The molecule has 0 bridgehead atoms. The summed E-state index contributed by atoms with van der Waals surface area (Å²) in [6.45, 7) is 1.97. The highest BCUT2D eigenvalue weighted by atomic mass is 16.5. The van der Waals surface area contributed by atoms with Gasteiger partial charge in [-0.1, -0.05) is 42.5 Å². The van der Waals surface area contributed by atoms with E-state index >= 15 is 0 Å². The van der Waals surface area contributed by atoms with Gasteiger partial charge in [-0.15, -0.1) is 0 Å². The van der Waals surface area contributed by atoms with Gasteiger partial charge in [-0.3, -0.25) is 0 Å². The molecule has 1 N–H and O–H groups in total. The van der Waals surface area contributed by atoms with E-state index < -0.39 is 5.97 Å². The van der Waals surface area contributed by atoms with Crippen molar-refractivity contribution in [3.63, 3.8) is 0 Å². The summed E-state index contributed by atoms with van der Waals surface area (Å²) in [6, 6.07) is 16.6. The van der Waals surface area contributed by atoms with Crippen LogP contribution < -0.4 is 0 Å². The van der Waals surface area contributed by atoms with E-state index in [1.54, 1.807) is 13.0 Å². The van der Waals surface area contributed by atoms with Crippen molar-refractivity contribution in [1.29, 1.82) is 0 Å². The van der Waals surface area contributed by atoms with Crippen LogP contribution >= 0.6 is 0 Å². The lowest BCUT2D eigenvalue weighted by molar-refractivity contribution is -0.137. The fourth-order valence-electron chi connectivity index (χ4n) is 2.42. The van der Waals surface area contributed by atoms with E-state index in [0.717, 1.165) is 5.56 Å². The second-order valence-electron chi connectivity index (χ2n) is 4.79. The number of nitrogens with zero attached hydrogens (tertiary/aromatic N) is 1. The van der Waals surface area contributed by atoms with Crippen LogP contribution in [0.5, 0.6) is 0 Å². The molecule has 0 atom stereocenters. The lowest BCUT2D eigenvalue weighted by Gasteiger charge is -2.06. The van der Waals surface area contributed by atoms with Crippen LogP contribution in [0.3, 0.4) is 0 Å². The molecule has 0 heterocycles. The van der Waals surface area contributed by atoms with E-state index in [2.05, 4.69) is 4.99 Å². The topological polar surface area (TPSA) is 58.9 Å². The molecule has 0 saturated heterocycles. The van der Waals surface area contributed by atoms with Crippen LogP contribution in [0.4, 0.5) is 5.69 Å². The molecule has 3 rings (SSSR count). The SMILES string of the molecule is CCOC(=O)C1=C(O)c2ccccc2C1=Nc1ccccc1. The molecule has 0 saturated carbocycles. The molecule has 0 fully saturated rings. The highest BCUT2D eigenvalue weighted by molar-refractivity contribution is 6.35. The standard InChI is InChI=1S/C18H15NO3/c1-2-22-18(21)15-16(19-12-8-4-3-5-9-12)13-10-6-7-11-14(13)17(15)20/h3-11,20H,2H2,1H3. The van der Waals surface area contributed by atoms with E-state index in [1.165, 1.54) is 0 Å². The summed E-state index contributed by atoms with van der Waals surface area (Å²) in [5.74, 6) is -0.644. The Bertz CT molecular complexity index is 776. The van der Waals surface area contributed by atoms with Gasteiger partial charge in [0.25, 0.3) is 0 Å². The maximum absolute atomic E-state index is 12.2. The lowest BCUT2D eigenvalue weighted by Crippen LogP contribution is -2.14. The van der Waals surface area contributed by atoms with Crippen molar-refractivity contribution in [3.8, 4) is 0 Å². The van der Waals surface area contributed by atoms with Crippen molar-refractivity contribution in [1.82, 2.24) is 0 Å². The minimum atomic E-state index is -0.564. The third-order valence-electron chi connectivity index (χ3n) is 3.39. The maximum atomic E-state index is 12.2. The summed E-state index contributed by atoms with van der Waals surface area (Å²) < 4.78 is 5.06. The molecular formula is C18H15NO3. The Hall–Kier alpha value is -2.88. The number of fused-ring (bicyclic) bond motifs is 1. The minimum absolute atomic E-state index is 0.0799. The average molecular weight is 293 g/mol. The van der Waals surface area contributed by atoms with Gasteiger partial charge in [0.15, 0.2) is 0 Å². The second-order valence-corrected chi connectivity index (χ2v) is 4.79. The lowest BCUT2D eigenvalue weighted by atomic mass is 10.1. The maximum Gasteiger partial charge on any atom is 0.344 e. The first kappa shape index (κ1) is 14.1. The molecule has 0 amide bonds. The fourth-order valence-corrected chi connectivity index (χ4v) is 2.42. The summed E-state index contributed by atoms with van der Waals surface area (Å²) >= 11 is 0. The zero-order valence-corrected chi connectivity index (χ0v) is 12.1. The van der Waals surface area contributed by atoms with Crippen molar-refractivity contribution in [2.24, 2.45) is 4.99 Å². The third kappa shape index (κ3) is 2.39. The number of aliphatic hydroxyl groups is 1. The highest BCUT2D eigenvalue weighted by Gasteiger charge is 2.33. The molecule has 110 valence electrons. The van der Waals surface area contributed by atoms with E-state index in [4.69, 9.17) is 4.74 Å². The molecule has 0 aliphatic heterocycles. The van der Waals surface area contributed by atoms with Gasteiger partial charge >= 0.3 is 5.97 Å². The summed E-state index contributed by atoms with van der Waals surface area (Å²) in [7, 11) is 0. The van der Waals surface area contributed by atoms with Gasteiger partial charge in [0.05, 0.1) is 18.0 Å². The number of rotatable bonds is 3. The van der Waals surface area contributed by atoms with Gasteiger partial charge in [-0.25, -0.2) is 9.79 Å². The predicted molar refractivity (Wildman–Crippen MR) is 85.3 cm³/mol. The summed E-state index contributed by atoms with van der Waals surface area (Å²) in [6.07, 6.45) is 0. The van der Waals surface area contributed by atoms with Crippen LogP contribution in [0.2, 0.25) is 0 Å². The van der Waals surface area contributed by atoms with Gasteiger partial charge in [-0.05, 0) is 19.1 Å². The van der Waals surface area contributed by atoms with E-state index in [-0.39, 0.29) is 17.9 Å². The van der Waals surface area contributed by atoms with Crippen LogP contribution in [-0.2, 0) is 9.53 Å². The molecule has 1 aliphatic rings. The van der Waals surface area contributed by atoms with E-state index in [9.17, 15) is 9.90 Å². The molecule has 0 unspecified atom stereocenters. The number of hydrogen-bond donors (Lipinski definition) is 1. The Morgan fingerprint density at radius 3 is 2.36 bits per heavy atom. The predicted octanol–water partition coefficient (Wildman–Crippen LogP) is 3.65. The molecule has 0 aromatic heterocycles. The monoisotopic (exact) mass is 293 g/mol. The number of aliphatic hydroxyl groups excluding tert-OH is 1. The van der Waals surface area contributed by atoms with Crippen molar-refractivity contribution in [2.75, 3.05) is 6.61 Å². The van der Waals surface area contributed by atoms with Crippen molar-refractivity contribution < 1.29 is 14.6 Å². The zero-order valence-electron chi connectivity index (χ0n) is 12.1. The Kier molecular flexibility index (Phi) is 3.74.